The number of thioether (sulfide) groups is 1. The minimum absolute atomic E-state index is 0.0194. The number of nitrogens with one attached hydrogen (secondary N) is 2. The van der Waals surface area contributed by atoms with Crippen LogP contribution in [0, 0.1) is 6.92 Å². The highest BCUT2D eigenvalue weighted by Gasteiger charge is 2.21. The predicted octanol–water partition coefficient (Wildman–Crippen LogP) is 4.38. The Morgan fingerprint density at radius 2 is 2.09 bits per heavy atom. The van der Waals surface area contributed by atoms with Crippen LogP contribution in [0.25, 0.3) is 10.2 Å². The second-order valence-corrected chi connectivity index (χ2v) is 10.3. The molecule has 0 spiro atoms. The molecular weight excluding hydrogens is 442 g/mol. The number of amides is 1. The second kappa shape index (κ2) is 11.0. The summed E-state index contributed by atoms with van der Waals surface area (Å²) in [5, 5.41) is 3.75. The Hall–Kier alpha value is -2.32. The zero-order chi connectivity index (χ0) is 22.3. The second-order valence-electron chi connectivity index (χ2n) is 8.07. The SMILES string of the molecule is Cc1ccc(OCCCCNC(=O)CCSCc2nc3sc4c(c3c(=O)[nH]2)CCC4)cc1. The first-order valence-corrected chi connectivity index (χ1v) is 13.1. The molecule has 0 unspecified atom stereocenters. The molecule has 0 atom stereocenters. The van der Waals surface area contributed by atoms with Crippen LogP contribution in [0.3, 0.4) is 0 Å². The maximum atomic E-state index is 12.5. The zero-order valence-electron chi connectivity index (χ0n) is 18.4. The highest BCUT2D eigenvalue weighted by molar-refractivity contribution is 7.98. The number of ether oxygens (including phenoxy) is 1. The zero-order valence-corrected chi connectivity index (χ0v) is 20.0. The van der Waals surface area contributed by atoms with Crippen molar-refractivity contribution in [1.82, 2.24) is 15.3 Å². The number of benzene rings is 1. The Morgan fingerprint density at radius 3 is 2.94 bits per heavy atom. The van der Waals surface area contributed by atoms with Gasteiger partial charge in [0.15, 0.2) is 0 Å². The largest absolute Gasteiger partial charge is 0.494 e. The van der Waals surface area contributed by atoms with Crippen LogP contribution in [0.2, 0.25) is 0 Å². The van der Waals surface area contributed by atoms with E-state index in [-0.39, 0.29) is 11.5 Å². The summed E-state index contributed by atoms with van der Waals surface area (Å²) in [5.41, 5.74) is 2.40. The van der Waals surface area contributed by atoms with Gasteiger partial charge in [0.2, 0.25) is 5.91 Å². The molecule has 170 valence electrons. The van der Waals surface area contributed by atoms with E-state index in [0.717, 1.165) is 48.1 Å². The molecule has 1 aliphatic carbocycles. The summed E-state index contributed by atoms with van der Waals surface area (Å²) in [6.07, 6.45) is 5.44. The van der Waals surface area contributed by atoms with Crippen molar-refractivity contribution in [2.45, 2.75) is 51.2 Å². The first kappa shape index (κ1) is 22.9. The average Bonchev–Trinajstić information content (AvgIpc) is 3.36. The van der Waals surface area contributed by atoms with Crippen molar-refractivity contribution in [2.75, 3.05) is 18.9 Å². The van der Waals surface area contributed by atoms with Gasteiger partial charge in [-0.3, -0.25) is 9.59 Å². The van der Waals surface area contributed by atoms with Crippen molar-refractivity contribution in [3.05, 3.63) is 56.4 Å². The van der Waals surface area contributed by atoms with Crippen LogP contribution < -0.4 is 15.6 Å². The molecule has 3 aromatic rings. The Bertz CT molecular complexity index is 1120. The normalized spacial score (nSPS) is 12.8. The molecular formula is C24H29N3O3S2. The smallest absolute Gasteiger partial charge is 0.259 e. The van der Waals surface area contributed by atoms with Gasteiger partial charge in [-0.05, 0) is 56.7 Å². The number of nitrogens with zero attached hydrogens (tertiary/aromatic N) is 1. The molecule has 1 amide bonds. The van der Waals surface area contributed by atoms with Gasteiger partial charge in [0.1, 0.15) is 16.4 Å². The van der Waals surface area contributed by atoms with E-state index in [1.165, 1.54) is 16.0 Å². The van der Waals surface area contributed by atoms with Gasteiger partial charge >= 0.3 is 0 Å². The standard InChI is InChI=1S/C24H29N3O3S2/c1-16-7-9-17(10-8-16)30-13-3-2-12-25-21(28)11-14-31-15-20-26-23(29)22-18-5-4-6-19(18)32-24(22)27-20/h7-10H,2-6,11-15H2,1H3,(H,25,28)(H,26,27,29). The first-order chi connectivity index (χ1) is 15.6. The number of carbonyl (C=O) groups excluding carboxylic acids is 1. The summed E-state index contributed by atoms with van der Waals surface area (Å²) >= 11 is 3.28. The minimum Gasteiger partial charge on any atom is -0.494 e. The number of carbonyl (C=O) groups is 1. The van der Waals surface area contributed by atoms with Gasteiger partial charge in [-0.2, -0.15) is 11.8 Å². The fourth-order valence-electron chi connectivity index (χ4n) is 3.82. The molecule has 32 heavy (non-hydrogen) atoms. The molecule has 0 bridgehead atoms. The van der Waals surface area contributed by atoms with Gasteiger partial charge in [-0.25, -0.2) is 4.98 Å². The molecule has 0 radical (unpaired) electrons. The number of hydrogen-bond acceptors (Lipinski definition) is 6. The van der Waals surface area contributed by atoms with Crippen LogP contribution in [0.5, 0.6) is 5.75 Å². The van der Waals surface area contributed by atoms with Crippen LogP contribution in [0.15, 0.2) is 29.1 Å². The lowest BCUT2D eigenvalue weighted by atomic mass is 10.2. The Balaban J connectivity index is 1.09. The fraction of sp³-hybridized carbons (Fsp3) is 0.458. The number of rotatable bonds is 11. The van der Waals surface area contributed by atoms with Gasteiger partial charge < -0.3 is 15.0 Å². The summed E-state index contributed by atoms with van der Waals surface area (Å²) in [4.78, 5) is 34.3. The van der Waals surface area contributed by atoms with Crippen LogP contribution in [0.1, 0.15) is 47.5 Å². The van der Waals surface area contributed by atoms with E-state index >= 15 is 0 Å². The number of aryl methyl sites for hydroxylation is 3. The third-order valence-electron chi connectivity index (χ3n) is 5.52. The topological polar surface area (TPSA) is 84.1 Å². The summed E-state index contributed by atoms with van der Waals surface area (Å²) in [7, 11) is 0. The quantitative estimate of drug-likeness (QED) is 0.406. The van der Waals surface area contributed by atoms with Gasteiger partial charge in [-0.1, -0.05) is 17.7 Å². The lowest BCUT2D eigenvalue weighted by Gasteiger charge is -2.07. The van der Waals surface area contributed by atoms with Gasteiger partial charge in [-0.15, -0.1) is 11.3 Å². The van der Waals surface area contributed by atoms with Gasteiger partial charge in [0.25, 0.3) is 5.56 Å². The average molecular weight is 472 g/mol. The maximum Gasteiger partial charge on any atom is 0.259 e. The Labute approximate surface area is 196 Å². The monoisotopic (exact) mass is 471 g/mol. The van der Waals surface area contributed by atoms with E-state index in [1.54, 1.807) is 23.1 Å². The molecule has 1 aromatic carbocycles. The fourth-order valence-corrected chi connectivity index (χ4v) is 5.90. The number of fused-ring (bicyclic) bond motifs is 3. The Morgan fingerprint density at radius 1 is 1.25 bits per heavy atom. The van der Waals surface area contributed by atoms with Gasteiger partial charge in [0.05, 0.1) is 17.7 Å². The molecule has 8 heteroatoms. The lowest BCUT2D eigenvalue weighted by Crippen LogP contribution is -2.25. The molecule has 2 heterocycles. The van der Waals surface area contributed by atoms with Crippen LogP contribution in [0.4, 0.5) is 0 Å². The van der Waals surface area contributed by atoms with E-state index in [0.29, 0.717) is 36.9 Å². The third-order valence-corrected chi connectivity index (χ3v) is 7.68. The molecule has 4 rings (SSSR count). The van der Waals surface area contributed by atoms with E-state index in [4.69, 9.17) is 4.74 Å². The van der Waals surface area contributed by atoms with Crippen molar-refractivity contribution in [2.24, 2.45) is 0 Å². The van der Waals surface area contributed by atoms with Crippen LogP contribution in [-0.2, 0) is 23.4 Å². The van der Waals surface area contributed by atoms with E-state index in [2.05, 4.69) is 22.2 Å². The molecule has 6 nitrogen and oxygen atoms in total. The van der Waals surface area contributed by atoms with Crippen molar-refractivity contribution in [3.8, 4) is 5.75 Å². The molecule has 0 aliphatic heterocycles. The number of unbranched alkanes of at least 4 members (excludes halogenated alkanes) is 1. The molecule has 0 saturated heterocycles. The first-order valence-electron chi connectivity index (χ1n) is 11.2. The number of aromatic nitrogens is 2. The number of hydrogen-bond donors (Lipinski definition) is 2. The van der Waals surface area contributed by atoms with Crippen molar-refractivity contribution < 1.29 is 9.53 Å². The minimum atomic E-state index is -0.0194. The highest BCUT2D eigenvalue weighted by Crippen LogP contribution is 2.34. The van der Waals surface area contributed by atoms with Gasteiger partial charge in [0, 0.05) is 23.6 Å². The summed E-state index contributed by atoms with van der Waals surface area (Å²) < 4.78 is 5.70. The lowest BCUT2D eigenvalue weighted by molar-refractivity contribution is -0.120. The third kappa shape index (κ3) is 5.92. The predicted molar refractivity (Wildman–Crippen MR) is 132 cm³/mol. The molecule has 2 N–H and O–H groups in total. The van der Waals surface area contributed by atoms with Crippen LogP contribution >= 0.6 is 23.1 Å². The number of H-pyrrole nitrogens is 1. The van der Waals surface area contributed by atoms with Crippen LogP contribution in [-0.4, -0.2) is 34.8 Å². The van der Waals surface area contributed by atoms with E-state index in [9.17, 15) is 9.59 Å². The molecule has 2 aromatic heterocycles. The number of aromatic amines is 1. The summed E-state index contributed by atoms with van der Waals surface area (Å²) in [6.45, 7) is 3.37. The molecule has 0 fully saturated rings. The van der Waals surface area contributed by atoms with E-state index < -0.39 is 0 Å². The van der Waals surface area contributed by atoms with Crippen molar-refractivity contribution in [1.29, 1.82) is 0 Å². The summed E-state index contributed by atoms with van der Waals surface area (Å²) in [5.74, 6) is 2.95. The Kier molecular flexibility index (Phi) is 7.86. The van der Waals surface area contributed by atoms with Crippen molar-refractivity contribution >= 4 is 39.2 Å². The van der Waals surface area contributed by atoms with E-state index in [1.807, 2.05) is 24.3 Å². The summed E-state index contributed by atoms with van der Waals surface area (Å²) in [6, 6.07) is 8.02. The molecule has 1 aliphatic rings. The number of thiophene rings is 1. The maximum absolute atomic E-state index is 12.5. The van der Waals surface area contributed by atoms with Crippen molar-refractivity contribution in [3.63, 3.8) is 0 Å². The highest BCUT2D eigenvalue weighted by atomic mass is 32.2. The molecule has 0 saturated carbocycles.